The number of carbonyl (C=O) groups is 2. The lowest BCUT2D eigenvalue weighted by Crippen LogP contribution is -2.45. The largest absolute Gasteiger partial charge is 0.480 e. The molecule has 1 N–H and O–H groups in total. The quantitative estimate of drug-likeness (QED) is 0.801. The van der Waals surface area contributed by atoms with Crippen LogP contribution in [0.1, 0.15) is 13.3 Å². The number of ether oxygens (including phenoxy) is 1. The van der Waals surface area contributed by atoms with E-state index >= 15 is 0 Å². The van der Waals surface area contributed by atoms with Crippen LogP contribution in [0.5, 0.6) is 0 Å². The fourth-order valence-corrected chi connectivity index (χ4v) is 1.67. The molecule has 0 bridgehead atoms. The van der Waals surface area contributed by atoms with Gasteiger partial charge in [0.1, 0.15) is 12.6 Å². The Morgan fingerprint density at radius 2 is 2.05 bits per heavy atom. The van der Waals surface area contributed by atoms with Crippen molar-refractivity contribution in [2.45, 2.75) is 19.4 Å². The van der Waals surface area contributed by atoms with E-state index in [0.717, 1.165) is 4.90 Å². The van der Waals surface area contributed by atoms with Crippen LogP contribution in [0, 0.1) is 0 Å². The van der Waals surface area contributed by atoms with E-state index in [0.29, 0.717) is 5.69 Å². The molecule has 0 aliphatic heterocycles. The van der Waals surface area contributed by atoms with Crippen LogP contribution in [0.25, 0.3) is 0 Å². The molecule has 1 unspecified atom stereocenters. The number of rotatable bonds is 6. The predicted octanol–water partition coefficient (Wildman–Crippen LogP) is 2.68. The van der Waals surface area contributed by atoms with Crippen molar-refractivity contribution in [3.05, 3.63) is 43.0 Å². The summed E-state index contributed by atoms with van der Waals surface area (Å²) in [6.07, 6.45) is 1.02. The van der Waals surface area contributed by atoms with Gasteiger partial charge < -0.3 is 9.84 Å². The van der Waals surface area contributed by atoms with Crippen molar-refractivity contribution in [3.63, 3.8) is 0 Å². The van der Waals surface area contributed by atoms with Crippen molar-refractivity contribution in [2.24, 2.45) is 0 Å². The van der Waals surface area contributed by atoms with Crippen LogP contribution in [0.4, 0.5) is 10.5 Å². The predicted molar refractivity (Wildman–Crippen MR) is 72.2 cm³/mol. The molecule has 0 aliphatic rings. The number of amides is 1. The molecule has 0 heterocycles. The number of carboxylic acid groups (broad SMARTS) is 1. The first-order valence-corrected chi connectivity index (χ1v) is 5.96. The van der Waals surface area contributed by atoms with E-state index in [2.05, 4.69) is 6.58 Å². The van der Waals surface area contributed by atoms with Gasteiger partial charge in [0.05, 0.1) is 0 Å². The van der Waals surface area contributed by atoms with Crippen molar-refractivity contribution < 1.29 is 19.4 Å². The van der Waals surface area contributed by atoms with E-state index in [1.807, 2.05) is 0 Å². The number of carbonyl (C=O) groups excluding carboxylic acids is 1. The first-order valence-electron chi connectivity index (χ1n) is 5.96. The first kappa shape index (κ1) is 14.8. The van der Waals surface area contributed by atoms with Crippen molar-refractivity contribution in [2.75, 3.05) is 11.5 Å². The summed E-state index contributed by atoms with van der Waals surface area (Å²) in [6, 6.07) is 7.63. The van der Waals surface area contributed by atoms with Crippen molar-refractivity contribution >= 4 is 17.7 Å². The molecule has 0 aromatic heterocycles. The summed E-state index contributed by atoms with van der Waals surface area (Å²) in [5, 5.41) is 9.21. The zero-order valence-electron chi connectivity index (χ0n) is 10.8. The van der Waals surface area contributed by atoms with E-state index in [-0.39, 0.29) is 13.0 Å². The van der Waals surface area contributed by atoms with Crippen LogP contribution in [0.15, 0.2) is 43.0 Å². The molecule has 1 rings (SSSR count). The summed E-state index contributed by atoms with van der Waals surface area (Å²) in [4.78, 5) is 24.4. The zero-order valence-corrected chi connectivity index (χ0v) is 10.8. The Kier molecular flexibility index (Phi) is 5.60. The zero-order chi connectivity index (χ0) is 14.3. The highest BCUT2D eigenvalue weighted by Gasteiger charge is 2.30. The second kappa shape index (κ2) is 7.20. The third kappa shape index (κ3) is 3.84. The monoisotopic (exact) mass is 263 g/mol. The molecule has 0 saturated heterocycles. The minimum Gasteiger partial charge on any atom is -0.480 e. The van der Waals surface area contributed by atoms with Gasteiger partial charge in [-0.2, -0.15) is 0 Å². The summed E-state index contributed by atoms with van der Waals surface area (Å²) in [7, 11) is 0. The maximum absolute atomic E-state index is 12.0. The second-order valence-corrected chi connectivity index (χ2v) is 3.83. The van der Waals surface area contributed by atoms with Crippen LogP contribution in [0.2, 0.25) is 0 Å². The van der Waals surface area contributed by atoms with E-state index in [4.69, 9.17) is 4.74 Å². The Morgan fingerprint density at radius 1 is 1.42 bits per heavy atom. The maximum Gasteiger partial charge on any atom is 0.415 e. The van der Waals surface area contributed by atoms with Gasteiger partial charge >= 0.3 is 12.1 Å². The van der Waals surface area contributed by atoms with Crippen LogP contribution < -0.4 is 4.90 Å². The number of anilines is 1. The van der Waals surface area contributed by atoms with Crippen molar-refractivity contribution in [1.82, 2.24) is 0 Å². The smallest absolute Gasteiger partial charge is 0.415 e. The van der Waals surface area contributed by atoms with Crippen LogP contribution in [-0.4, -0.2) is 29.8 Å². The molecule has 1 aromatic rings. The summed E-state index contributed by atoms with van der Waals surface area (Å²) < 4.78 is 4.95. The van der Waals surface area contributed by atoms with E-state index < -0.39 is 18.1 Å². The van der Waals surface area contributed by atoms with Crippen LogP contribution >= 0.6 is 0 Å². The molecule has 0 saturated carbocycles. The molecule has 0 radical (unpaired) electrons. The lowest BCUT2D eigenvalue weighted by atomic mass is 10.1. The topological polar surface area (TPSA) is 66.8 Å². The number of hydrogen-bond acceptors (Lipinski definition) is 3. The highest BCUT2D eigenvalue weighted by molar-refractivity contribution is 5.95. The molecule has 5 heteroatoms. The lowest BCUT2D eigenvalue weighted by Gasteiger charge is -2.27. The van der Waals surface area contributed by atoms with Gasteiger partial charge in [-0.15, -0.1) is 0 Å². The molecule has 0 fully saturated rings. The number of para-hydroxylation sites is 1. The molecule has 5 nitrogen and oxygen atoms in total. The van der Waals surface area contributed by atoms with Gasteiger partial charge in [-0.1, -0.05) is 37.8 Å². The number of benzene rings is 1. The van der Waals surface area contributed by atoms with Gasteiger partial charge in [0.15, 0.2) is 0 Å². The molecule has 102 valence electrons. The first-order chi connectivity index (χ1) is 9.11. The Labute approximate surface area is 112 Å². The lowest BCUT2D eigenvalue weighted by molar-refractivity contribution is -0.138. The normalized spacial score (nSPS) is 11.4. The number of aliphatic carboxylic acids is 1. The third-order valence-electron chi connectivity index (χ3n) is 2.54. The minimum absolute atomic E-state index is 0.0399. The standard InChI is InChI=1S/C14H17NO4/c1-3-10-19-14(18)15(12(4-2)13(16)17)11-8-6-5-7-9-11/h3,5-9,12H,1,4,10H2,2H3,(H,16,17). The summed E-state index contributed by atoms with van der Waals surface area (Å²) in [5.74, 6) is -1.07. The van der Waals surface area contributed by atoms with Gasteiger partial charge in [0.2, 0.25) is 0 Å². The molecule has 1 atom stereocenters. The third-order valence-corrected chi connectivity index (χ3v) is 2.54. The van der Waals surface area contributed by atoms with Crippen molar-refractivity contribution in [1.29, 1.82) is 0 Å². The summed E-state index contributed by atoms with van der Waals surface area (Å²) in [6.45, 7) is 5.20. The fourth-order valence-electron chi connectivity index (χ4n) is 1.67. The molecule has 0 spiro atoms. The average Bonchev–Trinajstić information content (AvgIpc) is 2.42. The molecular formula is C14H17NO4. The Morgan fingerprint density at radius 3 is 2.53 bits per heavy atom. The second-order valence-electron chi connectivity index (χ2n) is 3.83. The Balaban J connectivity index is 3.06. The van der Waals surface area contributed by atoms with Gasteiger partial charge in [0, 0.05) is 5.69 Å². The molecule has 19 heavy (non-hydrogen) atoms. The fraction of sp³-hybridized carbons (Fsp3) is 0.286. The number of hydrogen-bond donors (Lipinski definition) is 1. The van der Waals surface area contributed by atoms with Crippen molar-refractivity contribution in [3.8, 4) is 0 Å². The highest BCUT2D eigenvalue weighted by Crippen LogP contribution is 2.19. The highest BCUT2D eigenvalue weighted by atomic mass is 16.6. The molecule has 0 aliphatic carbocycles. The molecule has 1 aromatic carbocycles. The van der Waals surface area contributed by atoms with Crippen LogP contribution in [-0.2, 0) is 9.53 Å². The minimum atomic E-state index is -1.07. The van der Waals surface area contributed by atoms with E-state index in [1.165, 1.54) is 6.08 Å². The number of carboxylic acids is 1. The van der Waals surface area contributed by atoms with Gasteiger partial charge in [-0.25, -0.2) is 9.59 Å². The Hall–Kier alpha value is -2.30. The van der Waals surface area contributed by atoms with Crippen LogP contribution in [0.3, 0.4) is 0 Å². The van der Waals surface area contributed by atoms with Gasteiger partial charge in [0.25, 0.3) is 0 Å². The van der Waals surface area contributed by atoms with Gasteiger partial charge in [-0.3, -0.25) is 4.90 Å². The molecule has 1 amide bonds. The van der Waals surface area contributed by atoms with Gasteiger partial charge in [-0.05, 0) is 18.6 Å². The van der Waals surface area contributed by atoms with E-state index in [1.54, 1.807) is 37.3 Å². The van der Waals surface area contributed by atoms with E-state index in [9.17, 15) is 14.7 Å². The Bertz CT molecular complexity index is 444. The maximum atomic E-state index is 12.0. The summed E-state index contributed by atoms with van der Waals surface area (Å²) >= 11 is 0. The molecular weight excluding hydrogens is 246 g/mol. The summed E-state index contributed by atoms with van der Waals surface area (Å²) in [5.41, 5.74) is 0.491. The average molecular weight is 263 g/mol. The SMILES string of the molecule is C=CCOC(=O)N(c1ccccc1)C(CC)C(=O)O. The number of nitrogens with zero attached hydrogens (tertiary/aromatic N) is 1.